The maximum Gasteiger partial charge on any atom is 0.243 e. The summed E-state index contributed by atoms with van der Waals surface area (Å²) < 4.78 is 9.79. The Kier molecular flexibility index (Phi) is 5.21. The van der Waals surface area contributed by atoms with Crippen molar-refractivity contribution in [3.05, 3.63) is 23.2 Å². The Balaban J connectivity index is 2.69. The van der Waals surface area contributed by atoms with Crippen LogP contribution in [0, 0.1) is 0 Å². The van der Waals surface area contributed by atoms with Gasteiger partial charge < -0.3 is 20.5 Å². The van der Waals surface area contributed by atoms with Gasteiger partial charge in [-0.3, -0.25) is 4.79 Å². The minimum atomic E-state index is -0.708. The van der Waals surface area contributed by atoms with Gasteiger partial charge >= 0.3 is 0 Å². The predicted molar refractivity (Wildman–Crippen MR) is 66.5 cm³/mol. The third-order valence-corrected chi connectivity index (χ3v) is 2.40. The second-order valence-corrected chi connectivity index (χ2v) is 3.81. The molecule has 6 heteroatoms. The highest BCUT2D eigenvalue weighted by Crippen LogP contribution is 2.27. The molecule has 0 aliphatic rings. The first-order valence-corrected chi connectivity index (χ1v) is 5.35. The minimum absolute atomic E-state index is 0.162. The lowest BCUT2D eigenvalue weighted by Crippen LogP contribution is -2.39. The standard InChI is InChI=1S/C11H15ClN2O3/c1-16-6-9(13)11(15)14-7-3-4-10(17-2)8(12)5-7/h3-5,9H,6,13H2,1-2H3,(H,14,15). The van der Waals surface area contributed by atoms with Gasteiger partial charge in [-0.1, -0.05) is 11.6 Å². The summed E-state index contributed by atoms with van der Waals surface area (Å²) in [5.74, 6) is 0.221. The maximum atomic E-state index is 11.6. The van der Waals surface area contributed by atoms with Crippen LogP contribution >= 0.6 is 11.6 Å². The fraction of sp³-hybridized carbons (Fsp3) is 0.364. The predicted octanol–water partition coefficient (Wildman–Crippen LogP) is 1.26. The van der Waals surface area contributed by atoms with Gasteiger partial charge in [0.15, 0.2) is 0 Å². The van der Waals surface area contributed by atoms with Gasteiger partial charge in [-0.05, 0) is 18.2 Å². The minimum Gasteiger partial charge on any atom is -0.495 e. The fourth-order valence-corrected chi connectivity index (χ4v) is 1.49. The molecule has 0 aliphatic carbocycles. The quantitative estimate of drug-likeness (QED) is 0.834. The highest BCUT2D eigenvalue weighted by Gasteiger charge is 2.13. The van der Waals surface area contributed by atoms with Crippen molar-refractivity contribution in [3.63, 3.8) is 0 Å². The Morgan fingerprint density at radius 1 is 1.53 bits per heavy atom. The lowest BCUT2D eigenvalue weighted by Gasteiger charge is -2.12. The topological polar surface area (TPSA) is 73.6 Å². The van der Waals surface area contributed by atoms with E-state index in [0.29, 0.717) is 16.5 Å². The summed E-state index contributed by atoms with van der Waals surface area (Å²) in [7, 11) is 3.01. The van der Waals surface area contributed by atoms with Gasteiger partial charge in [-0.15, -0.1) is 0 Å². The zero-order chi connectivity index (χ0) is 12.8. The third-order valence-electron chi connectivity index (χ3n) is 2.10. The number of nitrogens with two attached hydrogens (primary N) is 1. The van der Waals surface area contributed by atoms with E-state index in [2.05, 4.69) is 5.32 Å². The van der Waals surface area contributed by atoms with E-state index in [1.54, 1.807) is 18.2 Å². The van der Waals surface area contributed by atoms with E-state index in [-0.39, 0.29) is 12.5 Å². The Bertz CT molecular complexity index is 398. The number of halogens is 1. The molecule has 0 saturated heterocycles. The van der Waals surface area contributed by atoms with Gasteiger partial charge in [-0.25, -0.2) is 0 Å². The van der Waals surface area contributed by atoms with Crippen LogP contribution in [-0.4, -0.2) is 32.8 Å². The van der Waals surface area contributed by atoms with E-state index in [1.165, 1.54) is 14.2 Å². The van der Waals surface area contributed by atoms with Gasteiger partial charge in [-0.2, -0.15) is 0 Å². The molecular formula is C11H15ClN2O3. The lowest BCUT2D eigenvalue weighted by molar-refractivity contribution is -0.118. The monoisotopic (exact) mass is 258 g/mol. The normalized spacial score (nSPS) is 12.0. The van der Waals surface area contributed by atoms with Gasteiger partial charge in [0.2, 0.25) is 5.91 Å². The number of benzene rings is 1. The van der Waals surface area contributed by atoms with Crippen molar-refractivity contribution in [2.45, 2.75) is 6.04 Å². The van der Waals surface area contributed by atoms with E-state index in [0.717, 1.165) is 0 Å². The summed E-state index contributed by atoms with van der Waals surface area (Å²) in [6.07, 6.45) is 0. The first-order valence-electron chi connectivity index (χ1n) is 4.97. The molecule has 94 valence electrons. The smallest absolute Gasteiger partial charge is 0.243 e. The molecule has 1 atom stereocenters. The van der Waals surface area contributed by atoms with Crippen LogP contribution in [-0.2, 0) is 9.53 Å². The largest absolute Gasteiger partial charge is 0.495 e. The number of hydrogen-bond donors (Lipinski definition) is 2. The Labute approximate surface area is 105 Å². The number of carbonyl (C=O) groups excluding carboxylic acids is 1. The number of anilines is 1. The van der Waals surface area contributed by atoms with Crippen molar-refractivity contribution >= 4 is 23.2 Å². The Hall–Kier alpha value is -1.30. The van der Waals surface area contributed by atoms with Crippen molar-refractivity contribution < 1.29 is 14.3 Å². The molecule has 1 aromatic rings. The number of methoxy groups -OCH3 is 2. The van der Waals surface area contributed by atoms with Crippen molar-refractivity contribution in [1.82, 2.24) is 0 Å². The number of carbonyl (C=O) groups is 1. The van der Waals surface area contributed by atoms with Gasteiger partial charge in [0.25, 0.3) is 0 Å². The van der Waals surface area contributed by atoms with Crippen LogP contribution in [0.25, 0.3) is 0 Å². The molecule has 1 rings (SSSR count). The summed E-state index contributed by atoms with van der Waals surface area (Å²) in [5, 5.41) is 3.06. The summed E-state index contributed by atoms with van der Waals surface area (Å²) in [4.78, 5) is 11.6. The number of hydrogen-bond acceptors (Lipinski definition) is 4. The molecule has 3 N–H and O–H groups in total. The van der Waals surface area contributed by atoms with E-state index in [4.69, 9.17) is 26.8 Å². The molecule has 17 heavy (non-hydrogen) atoms. The highest BCUT2D eigenvalue weighted by molar-refractivity contribution is 6.32. The molecule has 0 aliphatic heterocycles. The molecule has 0 fully saturated rings. The van der Waals surface area contributed by atoms with Crippen LogP contribution in [0.2, 0.25) is 5.02 Å². The number of rotatable bonds is 5. The SMILES string of the molecule is COCC(N)C(=O)Nc1ccc(OC)c(Cl)c1. The van der Waals surface area contributed by atoms with Crippen LogP contribution < -0.4 is 15.8 Å². The molecule has 0 spiro atoms. The van der Waals surface area contributed by atoms with Gasteiger partial charge in [0, 0.05) is 12.8 Å². The Morgan fingerprint density at radius 2 is 2.24 bits per heavy atom. The van der Waals surface area contributed by atoms with Crippen LogP contribution in [0.4, 0.5) is 5.69 Å². The van der Waals surface area contributed by atoms with Crippen LogP contribution in [0.15, 0.2) is 18.2 Å². The summed E-state index contributed by atoms with van der Waals surface area (Å²) in [5.41, 5.74) is 6.14. The number of nitrogens with one attached hydrogen (secondary N) is 1. The van der Waals surface area contributed by atoms with Gasteiger partial charge in [0.05, 0.1) is 18.7 Å². The molecule has 1 aromatic carbocycles. The molecule has 5 nitrogen and oxygen atoms in total. The molecule has 0 radical (unpaired) electrons. The van der Waals surface area contributed by atoms with Crippen LogP contribution in [0.3, 0.4) is 0 Å². The highest BCUT2D eigenvalue weighted by atomic mass is 35.5. The van der Waals surface area contributed by atoms with Crippen molar-refractivity contribution in [3.8, 4) is 5.75 Å². The molecule has 1 amide bonds. The average Bonchev–Trinajstić information content (AvgIpc) is 2.29. The fourth-order valence-electron chi connectivity index (χ4n) is 1.23. The molecule has 0 bridgehead atoms. The van der Waals surface area contributed by atoms with Crippen molar-refractivity contribution in [2.75, 3.05) is 26.1 Å². The second-order valence-electron chi connectivity index (χ2n) is 3.40. The van der Waals surface area contributed by atoms with E-state index in [1.807, 2.05) is 0 Å². The number of ether oxygens (including phenoxy) is 2. The molecule has 0 heterocycles. The van der Waals surface area contributed by atoms with Crippen LogP contribution in [0.5, 0.6) is 5.75 Å². The first kappa shape index (κ1) is 13.8. The summed E-state index contributed by atoms with van der Waals surface area (Å²) in [6.45, 7) is 0.162. The second kappa shape index (κ2) is 6.44. The average molecular weight is 259 g/mol. The number of amides is 1. The summed E-state index contributed by atoms with van der Waals surface area (Å²) in [6, 6.07) is 4.24. The first-order chi connectivity index (χ1) is 8.08. The van der Waals surface area contributed by atoms with E-state index >= 15 is 0 Å². The van der Waals surface area contributed by atoms with Gasteiger partial charge in [0.1, 0.15) is 11.8 Å². The zero-order valence-corrected chi connectivity index (χ0v) is 10.5. The third kappa shape index (κ3) is 3.89. The van der Waals surface area contributed by atoms with Crippen LogP contribution in [0.1, 0.15) is 0 Å². The van der Waals surface area contributed by atoms with Crippen molar-refractivity contribution in [1.29, 1.82) is 0 Å². The molecule has 1 unspecified atom stereocenters. The van der Waals surface area contributed by atoms with E-state index < -0.39 is 6.04 Å². The molecule has 0 aromatic heterocycles. The maximum absolute atomic E-state index is 11.6. The molecule has 0 saturated carbocycles. The summed E-state index contributed by atoms with van der Waals surface area (Å²) >= 11 is 5.92. The zero-order valence-electron chi connectivity index (χ0n) is 9.70. The Morgan fingerprint density at radius 3 is 2.76 bits per heavy atom. The van der Waals surface area contributed by atoms with E-state index in [9.17, 15) is 4.79 Å². The molecular weight excluding hydrogens is 244 g/mol. The van der Waals surface area contributed by atoms with Crippen molar-refractivity contribution in [2.24, 2.45) is 5.73 Å². The lowest BCUT2D eigenvalue weighted by atomic mass is 10.2.